The van der Waals surface area contributed by atoms with Crippen LogP contribution in [0.5, 0.6) is 5.75 Å². The number of aromatic carboxylic acids is 1. The number of nitrogens with zero attached hydrogens (tertiary/aromatic N) is 3. The van der Waals surface area contributed by atoms with E-state index in [-0.39, 0.29) is 11.7 Å². The van der Waals surface area contributed by atoms with Gasteiger partial charge in [0, 0.05) is 24.0 Å². The topological polar surface area (TPSA) is 89.3 Å². The number of hydrogen-bond donors (Lipinski definition) is 2. The summed E-state index contributed by atoms with van der Waals surface area (Å²) in [5.74, 6) is 0.417. The number of rotatable bonds is 7. The molecule has 0 spiro atoms. The number of pyridine rings is 1. The highest BCUT2D eigenvalue weighted by Crippen LogP contribution is 2.32. The van der Waals surface area contributed by atoms with Gasteiger partial charge in [-0.05, 0) is 70.0 Å². The van der Waals surface area contributed by atoms with Gasteiger partial charge >= 0.3 is 5.97 Å². The van der Waals surface area contributed by atoms with Crippen LogP contribution in [0.15, 0.2) is 60.9 Å². The summed E-state index contributed by atoms with van der Waals surface area (Å²) in [5.41, 5.74) is 6.00. The minimum Gasteiger partial charge on any atom is -0.491 e. The van der Waals surface area contributed by atoms with Crippen molar-refractivity contribution < 1.29 is 14.6 Å². The van der Waals surface area contributed by atoms with Gasteiger partial charge in [0.15, 0.2) is 0 Å². The molecule has 2 N–H and O–H groups in total. The Morgan fingerprint density at radius 1 is 1.03 bits per heavy atom. The van der Waals surface area contributed by atoms with Crippen LogP contribution in [0.2, 0.25) is 0 Å². The maximum atomic E-state index is 11.9. The second-order valence-electron chi connectivity index (χ2n) is 8.62. The van der Waals surface area contributed by atoms with Crippen LogP contribution >= 0.6 is 0 Å². The van der Waals surface area contributed by atoms with Gasteiger partial charge in [-0.1, -0.05) is 23.8 Å². The highest BCUT2D eigenvalue weighted by atomic mass is 16.5. The Kier molecular flexibility index (Phi) is 6.36. The molecule has 0 aliphatic heterocycles. The zero-order chi connectivity index (χ0) is 24.4. The number of carboxylic acids is 1. The first-order valence-electron chi connectivity index (χ1n) is 11.1. The van der Waals surface area contributed by atoms with Crippen LogP contribution in [0.25, 0.3) is 16.9 Å². The summed E-state index contributed by atoms with van der Waals surface area (Å²) in [4.78, 5) is 16.2. The lowest BCUT2D eigenvalue weighted by Gasteiger charge is -2.15. The Balaban J connectivity index is 1.86. The lowest BCUT2D eigenvalue weighted by atomic mass is 10.1. The molecule has 7 nitrogen and oxygen atoms in total. The fraction of sp³-hybridized carbons (Fsp3) is 0.222. The summed E-state index contributed by atoms with van der Waals surface area (Å²) < 4.78 is 7.67. The number of ether oxygens (including phenoxy) is 1. The van der Waals surface area contributed by atoms with Gasteiger partial charge in [-0.15, -0.1) is 0 Å². The molecular weight excluding hydrogens is 428 g/mol. The first-order chi connectivity index (χ1) is 16.2. The maximum Gasteiger partial charge on any atom is 0.337 e. The van der Waals surface area contributed by atoms with Gasteiger partial charge in [-0.25, -0.2) is 9.48 Å². The van der Waals surface area contributed by atoms with E-state index >= 15 is 0 Å². The van der Waals surface area contributed by atoms with E-state index in [9.17, 15) is 9.90 Å². The van der Waals surface area contributed by atoms with E-state index in [2.05, 4.69) is 10.3 Å². The average Bonchev–Trinajstić information content (AvgIpc) is 3.18. The van der Waals surface area contributed by atoms with Gasteiger partial charge in [0.05, 0.1) is 28.7 Å². The second kappa shape index (κ2) is 9.39. The Hall–Kier alpha value is -4.13. The Morgan fingerprint density at radius 2 is 1.76 bits per heavy atom. The molecule has 4 rings (SSSR count). The minimum absolute atomic E-state index is 0.0585. The van der Waals surface area contributed by atoms with E-state index in [1.165, 1.54) is 0 Å². The number of hydrogen-bond acceptors (Lipinski definition) is 5. The summed E-state index contributed by atoms with van der Waals surface area (Å²) in [5, 5.41) is 18.0. The van der Waals surface area contributed by atoms with E-state index < -0.39 is 5.97 Å². The zero-order valence-corrected chi connectivity index (χ0v) is 20.0. The summed E-state index contributed by atoms with van der Waals surface area (Å²) in [6.45, 7) is 9.80. The summed E-state index contributed by atoms with van der Waals surface area (Å²) in [6.07, 6.45) is 3.64. The summed E-state index contributed by atoms with van der Waals surface area (Å²) in [6, 6.07) is 15.0. The lowest BCUT2D eigenvalue weighted by Crippen LogP contribution is -2.09. The molecule has 0 amide bonds. The third kappa shape index (κ3) is 4.78. The second-order valence-corrected chi connectivity index (χ2v) is 8.62. The van der Waals surface area contributed by atoms with Gasteiger partial charge in [0.2, 0.25) is 0 Å². The lowest BCUT2D eigenvalue weighted by molar-refractivity contribution is 0.0698. The predicted molar refractivity (Wildman–Crippen MR) is 133 cm³/mol. The first kappa shape index (κ1) is 23.0. The molecule has 2 aromatic carbocycles. The van der Waals surface area contributed by atoms with Crippen LogP contribution in [-0.4, -0.2) is 31.9 Å². The van der Waals surface area contributed by atoms with E-state index in [0.29, 0.717) is 11.5 Å². The number of nitrogens with one attached hydrogen (secondary N) is 1. The first-order valence-corrected chi connectivity index (χ1v) is 11.1. The molecule has 0 atom stereocenters. The molecular formula is C27H28N4O3. The minimum atomic E-state index is -0.993. The normalized spacial score (nSPS) is 11.0. The summed E-state index contributed by atoms with van der Waals surface area (Å²) in [7, 11) is 0. The SMILES string of the molecule is Cc1ccc(Nc2cc(-c3cccc(OC(C)C)c3)nn2-c2c(C)cncc2C)c(C(=O)O)c1. The van der Waals surface area contributed by atoms with Crippen molar-refractivity contribution in [1.82, 2.24) is 14.8 Å². The predicted octanol–water partition coefficient (Wildman–Crippen LogP) is 6.09. The third-order valence-corrected chi connectivity index (χ3v) is 5.37. The Morgan fingerprint density at radius 3 is 2.44 bits per heavy atom. The maximum absolute atomic E-state index is 11.9. The number of benzene rings is 2. The largest absolute Gasteiger partial charge is 0.491 e. The molecule has 0 saturated carbocycles. The number of carbonyl (C=O) groups is 1. The molecule has 2 aromatic heterocycles. The van der Waals surface area contributed by atoms with Crippen LogP contribution in [0.4, 0.5) is 11.5 Å². The van der Waals surface area contributed by atoms with E-state index in [1.807, 2.05) is 75.7 Å². The molecule has 2 heterocycles. The fourth-order valence-electron chi connectivity index (χ4n) is 3.89. The van der Waals surface area contributed by atoms with Crippen molar-refractivity contribution in [3.63, 3.8) is 0 Å². The van der Waals surface area contributed by atoms with Crippen LogP contribution < -0.4 is 10.1 Å². The van der Waals surface area contributed by atoms with E-state index in [0.717, 1.165) is 39.4 Å². The number of aromatic nitrogens is 3. The van der Waals surface area contributed by atoms with Gasteiger partial charge in [-0.2, -0.15) is 5.10 Å². The molecule has 7 heteroatoms. The monoisotopic (exact) mass is 456 g/mol. The van der Waals surface area contributed by atoms with E-state index in [4.69, 9.17) is 9.84 Å². The molecule has 0 saturated heterocycles. The molecule has 4 aromatic rings. The van der Waals surface area contributed by atoms with Gasteiger partial charge in [-0.3, -0.25) is 4.98 Å². The standard InChI is InChI=1S/C27H28N4O3/c1-16(2)34-21-8-6-7-20(12-21)24-13-25(29-23-10-9-17(3)11-22(23)27(32)33)31(30-24)26-18(4)14-28-15-19(26)5/h6-16,29H,1-5H3,(H,32,33). The van der Waals surface area contributed by atoms with E-state index in [1.54, 1.807) is 24.5 Å². The Labute approximate surface area is 199 Å². The van der Waals surface area contributed by atoms with Gasteiger partial charge in [0.1, 0.15) is 11.6 Å². The van der Waals surface area contributed by atoms with Crippen LogP contribution in [0.1, 0.15) is 40.9 Å². The molecule has 0 fully saturated rings. The van der Waals surface area contributed by atoms with Crippen LogP contribution in [0, 0.1) is 20.8 Å². The van der Waals surface area contributed by atoms with Crippen molar-refractivity contribution >= 4 is 17.5 Å². The van der Waals surface area contributed by atoms with Crippen molar-refractivity contribution in [3.05, 3.63) is 83.2 Å². The number of anilines is 2. The van der Waals surface area contributed by atoms with Crippen molar-refractivity contribution in [2.45, 2.75) is 40.7 Å². The zero-order valence-electron chi connectivity index (χ0n) is 20.0. The molecule has 34 heavy (non-hydrogen) atoms. The highest BCUT2D eigenvalue weighted by molar-refractivity contribution is 5.95. The molecule has 0 bridgehead atoms. The van der Waals surface area contributed by atoms with Crippen LogP contribution in [-0.2, 0) is 0 Å². The smallest absolute Gasteiger partial charge is 0.337 e. The number of aryl methyl sites for hydroxylation is 3. The van der Waals surface area contributed by atoms with Crippen molar-refractivity contribution in [2.75, 3.05) is 5.32 Å². The number of carboxylic acid groups (broad SMARTS) is 1. The van der Waals surface area contributed by atoms with Crippen molar-refractivity contribution in [1.29, 1.82) is 0 Å². The average molecular weight is 457 g/mol. The quantitative estimate of drug-likeness (QED) is 0.350. The fourth-order valence-corrected chi connectivity index (χ4v) is 3.89. The molecule has 0 unspecified atom stereocenters. The van der Waals surface area contributed by atoms with Crippen molar-refractivity contribution in [2.24, 2.45) is 0 Å². The highest BCUT2D eigenvalue weighted by Gasteiger charge is 2.18. The third-order valence-electron chi connectivity index (χ3n) is 5.37. The molecule has 174 valence electrons. The van der Waals surface area contributed by atoms with Gasteiger partial charge < -0.3 is 15.2 Å². The van der Waals surface area contributed by atoms with Gasteiger partial charge in [0.25, 0.3) is 0 Å². The Bertz CT molecular complexity index is 1340. The molecule has 0 radical (unpaired) electrons. The molecule has 0 aliphatic rings. The van der Waals surface area contributed by atoms with Crippen molar-refractivity contribution in [3.8, 4) is 22.7 Å². The van der Waals surface area contributed by atoms with Crippen LogP contribution in [0.3, 0.4) is 0 Å². The summed E-state index contributed by atoms with van der Waals surface area (Å²) >= 11 is 0. The molecule has 0 aliphatic carbocycles.